The lowest BCUT2D eigenvalue weighted by atomic mass is 9.89. The van der Waals surface area contributed by atoms with E-state index in [4.69, 9.17) is 0 Å². The number of phenolic OH excluding ortho intramolecular Hbond substituents is 1. The van der Waals surface area contributed by atoms with Crippen molar-refractivity contribution in [2.75, 3.05) is 0 Å². The summed E-state index contributed by atoms with van der Waals surface area (Å²) in [7, 11) is 0. The molecule has 2 rings (SSSR count). The summed E-state index contributed by atoms with van der Waals surface area (Å²) < 4.78 is 0. The molecule has 1 nitrogen and oxygen atoms in total. The van der Waals surface area contributed by atoms with Crippen molar-refractivity contribution in [2.45, 2.75) is 57.3 Å². The molecule has 1 aromatic rings. The summed E-state index contributed by atoms with van der Waals surface area (Å²) in [5.41, 5.74) is 1.34. The Kier molecular flexibility index (Phi) is 4.26. The molecule has 0 unspecified atom stereocenters. The van der Waals surface area contributed by atoms with Crippen LogP contribution in [0.3, 0.4) is 0 Å². The van der Waals surface area contributed by atoms with Crippen LogP contribution in [0.15, 0.2) is 24.3 Å². The van der Waals surface area contributed by atoms with Crippen LogP contribution in [0.25, 0.3) is 0 Å². The Bertz CT molecular complexity index is 309. The van der Waals surface area contributed by atoms with E-state index in [0.29, 0.717) is 11.7 Å². The van der Waals surface area contributed by atoms with Gasteiger partial charge in [-0.2, -0.15) is 0 Å². The molecule has 1 heteroatoms. The summed E-state index contributed by atoms with van der Waals surface area (Å²) in [5.74, 6) is 1.09. The van der Waals surface area contributed by atoms with E-state index in [-0.39, 0.29) is 0 Å². The van der Waals surface area contributed by atoms with Crippen molar-refractivity contribution in [3.8, 4) is 5.75 Å². The second kappa shape index (κ2) is 5.93. The molecule has 1 N–H and O–H groups in total. The number of aromatic hydroxyl groups is 1. The number of hydrogen-bond donors (Lipinski definition) is 1. The van der Waals surface area contributed by atoms with Crippen LogP contribution in [-0.2, 0) is 0 Å². The van der Waals surface area contributed by atoms with E-state index in [9.17, 15) is 5.11 Å². The van der Waals surface area contributed by atoms with Gasteiger partial charge in [0.25, 0.3) is 0 Å². The molecule has 1 saturated carbocycles. The normalized spacial score (nSPS) is 19.8. The van der Waals surface area contributed by atoms with Gasteiger partial charge in [0.15, 0.2) is 0 Å². The molecular formula is C15H22O. The van der Waals surface area contributed by atoms with Crippen molar-refractivity contribution in [1.82, 2.24) is 0 Å². The molecule has 0 amide bonds. The van der Waals surface area contributed by atoms with E-state index >= 15 is 0 Å². The summed E-state index contributed by atoms with van der Waals surface area (Å²) in [6.45, 7) is 0. The van der Waals surface area contributed by atoms with Gasteiger partial charge in [-0.25, -0.2) is 0 Å². The molecule has 1 aliphatic rings. The lowest BCUT2D eigenvalue weighted by Crippen LogP contribution is -1.98. The topological polar surface area (TPSA) is 20.2 Å². The zero-order valence-corrected chi connectivity index (χ0v) is 9.99. The summed E-state index contributed by atoms with van der Waals surface area (Å²) >= 11 is 0. The predicted octanol–water partition coefficient (Wildman–Crippen LogP) is 4.61. The lowest BCUT2D eigenvalue weighted by Gasteiger charge is -2.16. The van der Waals surface area contributed by atoms with E-state index in [1.165, 1.54) is 56.9 Å². The maximum atomic E-state index is 9.53. The van der Waals surface area contributed by atoms with Gasteiger partial charge in [-0.3, -0.25) is 0 Å². The van der Waals surface area contributed by atoms with Gasteiger partial charge in [-0.05, 0) is 36.5 Å². The Labute approximate surface area is 98.5 Å². The Morgan fingerprint density at radius 3 is 2.12 bits per heavy atom. The van der Waals surface area contributed by atoms with Crippen LogP contribution in [0.4, 0.5) is 0 Å². The number of hydrogen-bond acceptors (Lipinski definition) is 1. The first-order chi connectivity index (χ1) is 7.86. The fourth-order valence-electron chi connectivity index (χ4n) is 2.74. The van der Waals surface area contributed by atoms with E-state index < -0.39 is 0 Å². The zero-order valence-electron chi connectivity index (χ0n) is 9.99. The average molecular weight is 218 g/mol. The highest BCUT2D eigenvalue weighted by molar-refractivity contribution is 5.29. The van der Waals surface area contributed by atoms with Crippen molar-refractivity contribution < 1.29 is 5.11 Å². The molecule has 88 valence electrons. The SMILES string of the molecule is Oc1cccc(C2CCCCCCCC2)c1. The van der Waals surface area contributed by atoms with E-state index in [2.05, 4.69) is 6.07 Å². The van der Waals surface area contributed by atoms with Crippen molar-refractivity contribution >= 4 is 0 Å². The summed E-state index contributed by atoms with van der Waals surface area (Å²) in [4.78, 5) is 0. The molecule has 1 fully saturated rings. The monoisotopic (exact) mass is 218 g/mol. The van der Waals surface area contributed by atoms with E-state index in [1.54, 1.807) is 6.07 Å². The largest absolute Gasteiger partial charge is 0.508 e. The van der Waals surface area contributed by atoms with Crippen LogP contribution in [0.2, 0.25) is 0 Å². The van der Waals surface area contributed by atoms with Crippen LogP contribution >= 0.6 is 0 Å². The Balaban J connectivity index is 2.04. The van der Waals surface area contributed by atoms with Crippen LogP contribution in [-0.4, -0.2) is 5.11 Å². The minimum absolute atomic E-state index is 0.414. The third-order valence-corrected chi connectivity index (χ3v) is 3.70. The number of benzene rings is 1. The fraction of sp³-hybridized carbons (Fsp3) is 0.600. The number of phenols is 1. The molecule has 0 heterocycles. The van der Waals surface area contributed by atoms with E-state index in [1.807, 2.05) is 12.1 Å². The van der Waals surface area contributed by atoms with Crippen LogP contribution in [0, 0.1) is 0 Å². The third-order valence-electron chi connectivity index (χ3n) is 3.70. The standard InChI is InChI=1S/C15H22O/c16-15-11-7-10-14(12-15)13-8-5-3-1-2-4-6-9-13/h7,10-13,16H,1-6,8-9H2. The molecule has 0 saturated heterocycles. The van der Waals surface area contributed by atoms with Crippen molar-refractivity contribution in [1.29, 1.82) is 0 Å². The maximum Gasteiger partial charge on any atom is 0.115 e. The van der Waals surface area contributed by atoms with Crippen LogP contribution in [0.1, 0.15) is 62.8 Å². The maximum absolute atomic E-state index is 9.53. The fourth-order valence-corrected chi connectivity index (χ4v) is 2.74. The highest BCUT2D eigenvalue weighted by Gasteiger charge is 2.13. The summed E-state index contributed by atoms with van der Waals surface area (Å²) in [5, 5.41) is 9.53. The second-order valence-corrected chi connectivity index (χ2v) is 4.99. The van der Waals surface area contributed by atoms with Crippen molar-refractivity contribution in [3.05, 3.63) is 29.8 Å². The van der Waals surface area contributed by atoms with E-state index in [0.717, 1.165) is 0 Å². The summed E-state index contributed by atoms with van der Waals surface area (Å²) in [6.07, 6.45) is 10.9. The quantitative estimate of drug-likeness (QED) is 0.729. The first-order valence-corrected chi connectivity index (χ1v) is 6.65. The second-order valence-electron chi connectivity index (χ2n) is 4.99. The molecule has 16 heavy (non-hydrogen) atoms. The smallest absolute Gasteiger partial charge is 0.115 e. The molecule has 0 aliphatic heterocycles. The van der Waals surface area contributed by atoms with Crippen LogP contribution < -0.4 is 0 Å². The van der Waals surface area contributed by atoms with Gasteiger partial charge in [0.2, 0.25) is 0 Å². The predicted molar refractivity (Wildman–Crippen MR) is 67.8 cm³/mol. The van der Waals surface area contributed by atoms with Crippen LogP contribution in [0.5, 0.6) is 5.75 Å². The average Bonchev–Trinajstić information content (AvgIpc) is 2.42. The molecule has 0 aromatic heterocycles. The molecule has 0 spiro atoms. The molecular weight excluding hydrogens is 196 g/mol. The first kappa shape index (κ1) is 11.5. The van der Waals surface area contributed by atoms with Gasteiger partial charge < -0.3 is 5.11 Å². The molecule has 0 bridgehead atoms. The van der Waals surface area contributed by atoms with Gasteiger partial charge in [0, 0.05) is 0 Å². The van der Waals surface area contributed by atoms with Crippen molar-refractivity contribution in [3.63, 3.8) is 0 Å². The highest BCUT2D eigenvalue weighted by Crippen LogP contribution is 2.31. The van der Waals surface area contributed by atoms with Gasteiger partial charge in [0.1, 0.15) is 5.75 Å². The van der Waals surface area contributed by atoms with Gasteiger partial charge in [-0.15, -0.1) is 0 Å². The molecule has 1 aliphatic carbocycles. The van der Waals surface area contributed by atoms with Gasteiger partial charge in [0.05, 0.1) is 0 Å². The Morgan fingerprint density at radius 1 is 0.875 bits per heavy atom. The lowest BCUT2D eigenvalue weighted by molar-refractivity contribution is 0.471. The molecule has 0 atom stereocenters. The summed E-state index contributed by atoms with van der Waals surface area (Å²) in [6, 6.07) is 7.85. The molecule has 1 aromatic carbocycles. The minimum atomic E-state index is 0.414. The minimum Gasteiger partial charge on any atom is -0.508 e. The first-order valence-electron chi connectivity index (χ1n) is 6.65. The Morgan fingerprint density at radius 2 is 1.50 bits per heavy atom. The van der Waals surface area contributed by atoms with Gasteiger partial charge >= 0.3 is 0 Å². The highest BCUT2D eigenvalue weighted by atomic mass is 16.3. The van der Waals surface area contributed by atoms with Gasteiger partial charge in [-0.1, -0.05) is 50.7 Å². The zero-order chi connectivity index (χ0) is 11.2. The van der Waals surface area contributed by atoms with Crippen molar-refractivity contribution in [2.24, 2.45) is 0 Å². The number of rotatable bonds is 1. The third kappa shape index (κ3) is 3.26. The molecule has 0 radical (unpaired) electrons. The Hall–Kier alpha value is -0.980.